The first-order valence-corrected chi connectivity index (χ1v) is 4.59. The standard InChI is InChI=1S/C9H17N3/c1-3-10-7-5-9-6-8-11-12(9)4-2/h6,8,10H,3-5,7H2,1-2H3. The van der Waals surface area contributed by atoms with Crippen LogP contribution in [0.25, 0.3) is 0 Å². The van der Waals surface area contributed by atoms with Crippen molar-refractivity contribution in [3.63, 3.8) is 0 Å². The molecule has 1 rings (SSSR count). The molecule has 68 valence electrons. The molecule has 1 aromatic heterocycles. The average molecular weight is 167 g/mol. The zero-order valence-electron chi connectivity index (χ0n) is 7.88. The molecule has 0 amide bonds. The number of aromatic nitrogens is 2. The van der Waals surface area contributed by atoms with E-state index in [4.69, 9.17) is 0 Å². The van der Waals surface area contributed by atoms with Gasteiger partial charge in [0.2, 0.25) is 0 Å². The van der Waals surface area contributed by atoms with E-state index < -0.39 is 0 Å². The van der Waals surface area contributed by atoms with E-state index in [-0.39, 0.29) is 0 Å². The zero-order valence-corrected chi connectivity index (χ0v) is 7.88. The SMILES string of the molecule is CCNCCc1ccnn1CC. The molecule has 0 aliphatic heterocycles. The molecule has 0 bridgehead atoms. The van der Waals surface area contributed by atoms with Gasteiger partial charge in [0.15, 0.2) is 0 Å². The molecule has 0 aromatic carbocycles. The second-order valence-corrected chi connectivity index (χ2v) is 2.74. The summed E-state index contributed by atoms with van der Waals surface area (Å²) < 4.78 is 2.04. The molecule has 1 heterocycles. The van der Waals surface area contributed by atoms with Crippen LogP contribution in [0.2, 0.25) is 0 Å². The molecule has 0 fully saturated rings. The second-order valence-electron chi connectivity index (χ2n) is 2.74. The van der Waals surface area contributed by atoms with E-state index in [0.717, 1.165) is 26.1 Å². The van der Waals surface area contributed by atoms with Crippen molar-refractivity contribution in [2.24, 2.45) is 0 Å². The number of rotatable bonds is 5. The molecule has 0 aliphatic carbocycles. The minimum atomic E-state index is 0.967. The number of nitrogens with zero attached hydrogens (tertiary/aromatic N) is 2. The Kier molecular flexibility index (Phi) is 3.80. The fraction of sp³-hybridized carbons (Fsp3) is 0.667. The van der Waals surface area contributed by atoms with Crippen LogP contribution >= 0.6 is 0 Å². The number of nitrogens with one attached hydrogen (secondary N) is 1. The van der Waals surface area contributed by atoms with Gasteiger partial charge in [0.1, 0.15) is 0 Å². The minimum absolute atomic E-state index is 0.967. The topological polar surface area (TPSA) is 29.9 Å². The molecule has 0 unspecified atom stereocenters. The fourth-order valence-corrected chi connectivity index (χ4v) is 1.25. The van der Waals surface area contributed by atoms with Crippen molar-refractivity contribution in [3.8, 4) is 0 Å². The van der Waals surface area contributed by atoms with Crippen LogP contribution < -0.4 is 5.32 Å². The zero-order chi connectivity index (χ0) is 8.81. The van der Waals surface area contributed by atoms with Crippen molar-refractivity contribution in [3.05, 3.63) is 18.0 Å². The summed E-state index contributed by atoms with van der Waals surface area (Å²) in [5, 5.41) is 7.50. The molecule has 3 heteroatoms. The van der Waals surface area contributed by atoms with Gasteiger partial charge < -0.3 is 5.32 Å². The third-order valence-corrected chi connectivity index (χ3v) is 1.91. The van der Waals surface area contributed by atoms with Crippen LogP contribution in [-0.2, 0) is 13.0 Å². The summed E-state index contributed by atoms with van der Waals surface area (Å²) in [6.45, 7) is 7.29. The van der Waals surface area contributed by atoms with Crippen molar-refractivity contribution in [1.82, 2.24) is 15.1 Å². The highest BCUT2D eigenvalue weighted by molar-refractivity contribution is 5.00. The summed E-state index contributed by atoms with van der Waals surface area (Å²) in [5.74, 6) is 0. The molecule has 0 saturated heterocycles. The van der Waals surface area contributed by atoms with Crippen molar-refractivity contribution >= 4 is 0 Å². The molecule has 0 radical (unpaired) electrons. The van der Waals surface area contributed by atoms with Crippen LogP contribution in [0.3, 0.4) is 0 Å². The van der Waals surface area contributed by atoms with Gasteiger partial charge in [0.05, 0.1) is 0 Å². The summed E-state index contributed by atoms with van der Waals surface area (Å²) in [7, 11) is 0. The smallest absolute Gasteiger partial charge is 0.0492 e. The number of likely N-dealkylation sites (N-methyl/N-ethyl adjacent to an activating group) is 1. The van der Waals surface area contributed by atoms with Crippen LogP contribution in [0.4, 0.5) is 0 Å². The van der Waals surface area contributed by atoms with Gasteiger partial charge in [-0.3, -0.25) is 4.68 Å². The maximum Gasteiger partial charge on any atom is 0.0492 e. The molecule has 0 aliphatic rings. The molecular formula is C9H17N3. The van der Waals surface area contributed by atoms with Gasteiger partial charge >= 0.3 is 0 Å². The first kappa shape index (κ1) is 9.26. The van der Waals surface area contributed by atoms with Gasteiger partial charge in [0, 0.05) is 31.4 Å². The van der Waals surface area contributed by atoms with Crippen molar-refractivity contribution in [2.45, 2.75) is 26.8 Å². The Morgan fingerprint density at radius 2 is 2.33 bits per heavy atom. The highest BCUT2D eigenvalue weighted by Crippen LogP contribution is 1.98. The van der Waals surface area contributed by atoms with Crippen molar-refractivity contribution in [2.75, 3.05) is 13.1 Å². The molecule has 1 N–H and O–H groups in total. The summed E-state index contributed by atoms with van der Waals surface area (Å²) >= 11 is 0. The van der Waals surface area contributed by atoms with Crippen molar-refractivity contribution < 1.29 is 0 Å². The predicted octanol–water partition coefficient (Wildman–Crippen LogP) is 1.05. The van der Waals surface area contributed by atoms with E-state index in [1.165, 1.54) is 5.69 Å². The van der Waals surface area contributed by atoms with Crippen LogP contribution in [0.15, 0.2) is 12.3 Å². The maximum atomic E-state index is 4.20. The lowest BCUT2D eigenvalue weighted by atomic mass is 10.3. The summed E-state index contributed by atoms with van der Waals surface area (Å²) in [6.07, 6.45) is 2.94. The summed E-state index contributed by atoms with van der Waals surface area (Å²) in [6, 6.07) is 2.08. The monoisotopic (exact) mass is 167 g/mol. The number of hydrogen-bond acceptors (Lipinski definition) is 2. The van der Waals surface area contributed by atoms with E-state index >= 15 is 0 Å². The molecule has 0 atom stereocenters. The minimum Gasteiger partial charge on any atom is -0.317 e. The third kappa shape index (κ3) is 2.34. The number of aryl methyl sites for hydroxylation is 1. The average Bonchev–Trinajstić information content (AvgIpc) is 2.52. The van der Waals surface area contributed by atoms with E-state index in [2.05, 4.69) is 30.3 Å². The Hall–Kier alpha value is -0.830. The largest absolute Gasteiger partial charge is 0.317 e. The highest BCUT2D eigenvalue weighted by Gasteiger charge is 1.98. The lowest BCUT2D eigenvalue weighted by molar-refractivity contribution is 0.603. The summed E-state index contributed by atoms with van der Waals surface area (Å²) in [4.78, 5) is 0. The van der Waals surface area contributed by atoms with Gasteiger partial charge in [-0.15, -0.1) is 0 Å². The van der Waals surface area contributed by atoms with E-state index in [1.54, 1.807) is 0 Å². The molecular weight excluding hydrogens is 150 g/mol. The van der Waals surface area contributed by atoms with E-state index in [9.17, 15) is 0 Å². The highest BCUT2D eigenvalue weighted by atomic mass is 15.3. The van der Waals surface area contributed by atoms with Crippen molar-refractivity contribution in [1.29, 1.82) is 0 Å². The molecule has 3 nitrogen and oxygen atoms in total. The lowest BCUT2D eigenvalue weighted by Gasteiger charge is -2.04. The van der Waals surface area contributed by atoms with Crippen LogP contribution in [0.1, 0.15) is 19.5 Å². The Bertz CT molecular complexity index is 217. The molecule has 12 heavy (non-hydrogen) atoms. The van der Waals surface area contributed by atoms with Gasteiger partial charge in [-0.1, -0.05) is 6.92 Å². The second kappa shape index (κ2) is 4.93. The Balaban J connectivity index is 2.39. The fourth-order valence-electron chi connectivity index (χ4n) is 1.25. The quantitative estimate of drug-likeness (QED) is 0.664. The lowest BCUT2D eigenvalue weighted by Crippen LogP contribution is -2.17. The first-order chi connectivity index (χ1) is 5.88. The van der Waals surface area contributed by atoms with Crippen LogP contribution in [-0.4, -0.2) is 22.9 Å². The first-order valence-electron chi connectivity index (χ1n) is 4.59. The van der Waals surface area contributed by atoms with E-state index in [1.807, 2.05) is 10.9 Å². The van der Waals surface area contributed by atoms with Crippen LogP contribution in [0.5, 0.6) is 0 Å². The number of hydrogen-bond donors (Lipinski definition) is 1. The molecule has 0 spiro atoms. The van der Waals surface area contributed by atoms with Gasteiger partial charge in [0.25, 0.3) is 0 Å². The van der Waals surface area contributed by atoms with E-state index in [0.29, 0.717) is 0 Å². The third-order valence-electron chi connectivity index (χ3n) is 1.91. The van der Waals surface area contributed by atoms with Gasteiger partial charge in [-0.05, 0) is 19.5 Å². The molecule has 0 saturated carbocycles. The van der Waals surface area contributed by atoms with Crippen LogP contribution in [0, 0.1) is 0 Å². The maximum absolute atomic E-state index is 4.20. The Morgan fingerprint density at radius 3 is 3.00 bits per heavy atom. The molecule has 1 aromatic rings. The van der Waals surface area contributed by atoms with Gasteiger partial charge in [-0.25, -0.2) is 0 Å². The summed E-state index contributed by atoms with van der Waals surface area (Å²) in [5.41, 5.74) is 1.32. The predicted molar refractivity (Wildman–Crippen MR) is 50.1 cm³/mol. The Morgan fingerprint density at radius 1 is 1.50 bits per heavy atom. The normalized spacial score (nSPS) is 10.5. The van der Waals surface area contributed by atoms with Gasteiger partial charge in [-0.2, -0.15) is 5.10 Å². The Labute approximate surface area is 73.8 Å².